The molecule has 0 aliphatic rings. The van der Waals surface area contributed by atoms with Crippen molar-refractivity contribution in [1.29, 1.82) is 0 Å². The van der Waals surface area contributed by atoms with Crippen molar-refractivity contribution < 1.29 is 4.79 Å². The van der Waals surface area contributed by atoms with Crippen molar-refractivity contribution in [3.63, 3.8) is 0 Å². The van der Waals surface area contributed by atoms with Gasteiger partial charge in [0.25, 0.3) is 5.91 Å². The zero-order valence-electron chi connectivity index (χ0n) is 13.2. The number of carbonyl (C=O) groups is 1. The van der Waals surface area contributed by atoms with Gasteiger partial charge in [-0.25, -0.2) is 0 Å². The molecule has 4 heteroatoms. The number of hydrogen-bond acceptors (Lipinski definition) is 1. The molecule has 3 nitrogen and oxygen atoms in total. The third kappa shape index (κ3) is 3.25. The summed E-state index contributed by atoms with van der Waals surface area (Å²) < 4.78 is 0. The molecule has 1 aromatic heterocycles. The Morgan fingerprint density at radius 3 is 2.74 bits per heavy atom. The van der Waals surface area contributed by atoms with E-state index in [1.165, 1.54) is 16.5 Å². The number of halogens is 1. The van der Waals surface area contributed by atoms with Crippen LogP contribution in [0.15, 0.2) is 42.5 Å². The summed E-state index contributed by atoms with van der Waals surface area (Å²) in [4.78, 5) is 15.6. The summed E-state index contributed by atoms with van der Waals surface area (Å²) in [6, 6.07) is 13.5. The number of amides is 1. The van der Waals surface area contributed by atoms with Gasteiger partial charge in [0.05, 0.1) is 10.6 Å². The summed E-state index contributed by atoms with van der Waals surface area (Å²) in [5, 5.41) is 4.65. The first-order valence-electron chi connectivity index (χ1n) is 7.67. The minimum absolute atomic E-state index is 0.135. The normalized spacial score (nSPS) is 10.9. The van der Waals surface area contributed by atoms with Crippen LogP contribution in [0.2, 0.25) is 5.02 Å². The summed E-state index contributed by atoms with van der Waals surface area (Å²) in [5.41, 5.74) is 5.29. The lowest BCUT2D eigenvalue weighted by Crippen LogP contribution is -2.26. The molecule has 118 valence electrons. The predicted octanol–water partition coefficient (Wildman–Crippen LogP) is 4.41. The lowest BCUT2D eigenvalue weighted by Gasteiger charge is -2.07. The van der Waals surface area contributed by atoms with Crippen molar-refractivity contribution in [2.75, 3.05) is 6.54 Å². The molecule has 0 aliphatic heterocycles. The highest BCUT2D eigenvalue weighted by Gasteiger charge is 2.11. The number of nitrogens with one attached hydrogen (secondary N) is 2. The fourth-order valence-corrected chi connectivity index (χ4v) is 3.08. The van der Waals surface area contributed by atoms with Crippen molar-refractivity contribution in [1.82, 2.24) is 10.3 Å². The van der Waals surface area contributed by atoms with E-state index in [1.807, 2.05) is 12.1 Å². The summed E-state index contributed by atoms with van der Waals surface area (Å²) in [7, 11) is 0. The molecule has 0 saturated carbocycles. The minimum Gasteiger partial charge on any atom is -0.358 e. The summed E-state index contributed by atoms with van der Waals surface area (Å²) in [6.45, 7) is 4.73. The molecule has 23 heavy (non-hydrogen) atoms. The predicted molar refractivity (Wildman–Crippen MR) is 95.3 cm³/mol. The molecule has 0 atom stereocenters. The fourth-order valence-electron chi connectivity index (χ4n) is 2.86. The van der Waals surface area contributed by atoms with Gasteiger partial charge in [0, 0.05) is 23.1 Å². The van der Waals surface area contributed by atoms with E-state index in [4.69, 9.17) is 11.6 Å². The molecule has 3 aromatic rings. The summed E-state index contributed by atoms with van der Waals surface area (Å²) in [6.07, 6.45) is 0.783. The van der Waals surface area contributed by atoms with Crippen LogP contribution >= 0.6 is 11.6 Å². The maximum absolute atomic E-state index is 12.2. The van der Waals surface area contributed by atoms with Gasteiger partial charge in [-0.2, -0.15) is 0 Å². The number of hydrogen-bond donors (Lipinski definition) is 2. The second kappa shape index (κ2) is 6.47. The highest BCUT2D eigenvalue weighted by molar-refractivity contribution is 6.33. The number of H-pyrrole nitrogens is 1. The SMILES string of the molecule is Cc1ccc2[nH]c(C)c(CCNC(=O)c3ccccc3Cl)c2c1. The Kier molecular flexibility index (Phi) is 4.39. The maximum atomic E-state index is 12.2. The number of rotatable bonds is 4. The van der Waals surface area contributed by atoms with Gasteiger partial charge in [-0.15, -0.1) is 0 Å². The maximum Gasteiger partial charge on any atom is 0.252 e. The van der Waals surface area contributed by atoms with E-state index in [9.17, 15) is 4.79 Å². The molecule has 0 saturated heterocycles. The molecule has 1 heterocycles. The van der Waals surface area contributed by atoms with Crippen LogP contribution in [-0.2, 0) is 6.42 Å². The summed E-state index contributed by atoms with van der Waals surface area (Å²) in [5.74, 6) is -0.135. The number of aromatic nitrogens is 1. The van der Waals surface area contributed by atoms with Crippen LogP contribution in [0.5, 0.6) is 0 Å². The molecule has 0 radical (unpaired) electrons. The Morgan fingerprint density at radius 1 is 1.17 bits per heavy atom. The van der Waals surface area contributed by atoms with Crippen LogP contribution in [0.25, 0.3) is 10.9 Å². The zero-order chi connectivity index (χ0) is 16.4. The first kappa shape index (κ1) is 15.6. The van der Waals surface area contributed by atoms with Crippen molar-refractivity contribution in [3.05, 3.63) is 69.9 Å². The van der Waals surface area contributed by atoms with Crippen LogP contribution in [0, 0.1) is 13.8 Å². The Bertz CT molecular complexity index is 867. The number of benzene rings is 2. The van der Waals surface area contributed by atoms with Crippen molar-refractivity contribution in [2.45, 2.75) is 20.3 Å². The van der Waals surface area contributed by atoms with E-state index >= 15 is 0 Å². The van der Waals surface area contributed by atoms with Crippen LogP contribution in [0.1, 0.15) is 27.2 Å². The number of carbonyl (C=O) groups excluding carboxylic acids is 1. The van der Waals surface area contributed by atoms with Gasteiger partial charge in [0.15, 0.2) is 0 Å². The number of fused-ring (bicyclic) bond motifs is 1. The molecule has 0 aliphatic carbocycles. The second-order valence-electron chi connectivity index (χ2n) is 5.76. The van der Waals surface area contributed by atoms with Gasteiger partial charge in [0.2, 0.25) is 0 Å². The van der Waals surface area contributed by atoms with Gasteiger partial charge < -0.3 is 10.3 Å². The highest BCUT2D eigenvalue weighted by Crippen LogP contribution is 2.23. The van der Waals surface area contributed by atoms with Crippen molar-refractivity contribution in [3.8, 4) is 0 Å². The van der Waals surface area contributed by atoms with Crippen LogP contribution < -0.4 is 5.32 Å². The largest absolute Gasteiger partial charge is 0.358 e. The van der Waals surface area contributed by atoms with E-state index in [1.54, 1.807) is 12.1 Å². The Morgan fingerprint density at radius 2 is 1.96 bits per heavy atom. The van der Waals surface area contributed by atoms with E-state index in [2.05, 4.69) is 42.3 Å². The topological polar surface area (TPSA) is 44.9 Å². The van der Waals surface area contributed by atoms with Gasteiger partial charge in [-0.3, -0.25) is 4.79 Å². The molecular formula is C19H19ClN2O. The standard InChI is InChI=1S/C19H19ClN2O/c1-12-7-8-18-16(11-12)14(13(2)22-18)9-10-21-19(23)15-5-3-4-6-17(15)20/h3-8,11,22H,9-10H2,1-2H3,(H,21,23). The van der Waals surface area contributed by atoms with Crippen LogP contribution in [0.3, 0.4) is 0 Å². The van der Waals surface area contributed by atoms with E-state index < -0.39 is 0 Å². The average Bonchev–Trinajstić information content (AvgIpc) is 2.83. The highest BCUT2D eigenvalue weighted by atomic mass is 35.5. The average molecular weight is 327 g/mol. The molecular weight excluding hydrogens is 308 g/mol. The van der Waals surface area contributed by atoms with E-state index in [-0.39, 0.29) is 5.91 Å². The third-order valence-corrected chi connectivity index (χ3v) is 4.38. The van der Waals surface area contributed by atoms with Gasteiger partial charge >= 0.3 is 0 Å². The lowest BCUT2D eigenvalue weighted by molar-refractivity contribution is 0.0954. The molecule has 3 rings (SSSR count). The molecule has 0 spiro atoms. The molecule has 1 amide bonds. The third-order valence-electron chi connectivity index (χ3n) is 4.05. The Labute approximate surface area is 140 Å². The minimum atomic E-state index is -0.135. The van der Waals surface area contributed by atoms with Gasteiger partial charge in [0.1, 0.15) is 0 Å². The second-order valence-corrected chi connectivity index (χ2v) is 6.17. The molecule has 0 fully saturated rings. The Hall–Kier alpha value is -2.26. The zero-order valence-corrected chi connectivity index (χ0v) is 14.0. The van der Waals surface area contributed by atoms with Crippen LogP contribution in [-0.4, -0.2) is 17.4 Å². The lowest BCUT2D eigenvalue weighted by atomic mass is 10.1. The molecule has 0 unspecified atom stereocenters. The monoisotopic (exact) mass is 326 g/mol. The fraction of sp³-hybridized carbons (Fsp3) is 0.211. The first-order chi connectivity index (χ1) is 11.1. The molecule has 2 N–H and O–H groups in total. The smallest absolute Gasteiger partial charge is 0.252 e. The number of aromatic amines is 1. The van der Waals surface area contributed by atoms with E-state index in [0.29, 0.717) is 17.1 Å². The molecule has 0 bridgehead atoms. The number of aryl methyl sites for hydroxylation is 2. The van der Waals surface area contributed by atoms with Gasteiger partial charge in [-0.05, 0) is 50.1 Å². The van der Waals surface area contributed by atoms with Crippen LogP contribution in [0.4, 0.5) is 0 Å². The Balaban J connectivity index is 1.72. The quantitative estimate of drug-likeness (QED) is 0.733. The van der Waals surface area contributed by atoms with E-state index in [0.717, 1.165) is 17.6 Å². The first-order valence-corrected chi connectivity index (χ1v) is 8.04. The molecule has 2 aromatic carbocycles. The van der Waals surface area contributed by atoms with Crippen molar-refractivity contribution >= 4 is 28.4 Å². The van der Waals surface area contributed by atoms with Crippen molar-refractivity contribution in [2.24, 2.45) is 0 Å². The summed E-state index contributed by atoms with van der Waals surface area (Å²) >= 11 is 6.05. The van der Waals surface area contributed by atoms with Gasteiger partial charge in [-0.1, -0.05) is 35.4 Å².